The van der Waals surface area contributed by atoms with Crippen LogP contribution < -0.4 is 10.1 Å². The molecule has 2 rings (SSSR count). The Balaban J connectivity index is 2.11. The molecule has 20 heavy (non-hydrogen) atoms. The molecule has 1 aromatic heterocycles. The normalized spacial score (nSPS) is 10.2. The zero-order valence-electron chi connectivity index (χ0n) is 11.2. The van der Waals surface area contributed by atoms with Crippen LogP contribution in [-0.4, -0.2) is 22.5 Å². The number of carbonyl (C=O) groups is 1. The summed E-state index contributed by atoms with van der Waals surface area (Å²) in [6.07, 6.45) is 0. The van der Waals surface area contributed by atoms with E-state index < -0.39 is 0 Å². The van der Waals surface area contributed by atoms with E-state index >= 15 is 0 Å². The Kier molecular flexibility index (Phi) is 4.53. The molecule has 0 aliphatic carbocycles. The highest BCUT2D eigenvalue weighted by Gasteiger charge is 2.09. The maximum Gasteiger partial charge on any atom is 0.258 e. The van der Waals surface area contributed by atoms with Crippen molar-refractivity contribution in [2.75, 3.05) is 11.9 Å². The first-order chi connectivity index (χ1) is 9.58. The lowest BCUT2D eigenvalue weighted by atomic mass is 10.2. The number of aryl methyl sites for hydroxylation is 1. The topological polar surface area (TPSA) is 64.1 Å². The SMILES string of the molecule is CCOc1ccc(C(=O)Nc2nc(C)cc(Cl)n2)cc1. The van der Waals surface area contributed by atoms with Crippen LogP contribution in [0.4, 0.5) is 5.95 Å². The van der Waals surface area contributed by atoms with E-state index in [0.29, 0.717) is 23.0 Å². The van der Waals surface area contributed by atoms with Gasteiger partial charge in [-0.3, -0.25) is 10.1 Å². The van der Waals surface area contributed by atoms with E-state index in [1.807, 2.05) is 6.92 Å². The summed E-state index contributed by atoms with van der Waals surface area (Å²) in [6.45, 7) is 4.26. The van der Waals surface area contributed by atoms with Crippen molar-refractivity contribution in [1.82, 2.24) is 9.97 Å². The van der Waals surface area contributed by atoms with Crippen LogP contribution in [0.1, 0.15) is 23.0 Å². The summed E-state index contributed by atoms with van der Waals surface area (Å²) < 4.78 is 5.32. The average Bonchev–Trinajstić information content (AvgIpc) is 2.38. The molecular formula is C14H14ClN3O2. The van der Waals surface area contributed by atoms with Crippen molar-refractivity contribution < 1.29 is 9.53 Å². The number of hydrogen-bond acceptors (Lipinski definition) is 4. The van der Waals surface area contributed by atoms with Crippen LogP contribution in [0.2, 0.25) is 5.15 Å². The molecule has 0 fully saturated rings. The third-order valence-corrected chi connectivity index (χ3v) is 2.67. The van der Waals surface area contributed by atoms with Crippen molar-refractivity contribution >= 4 is 23.5 Å². The van der Waals surface area contributed by atoms with Crippen molar-refractivity contribution in [3.8, 4) is 5.75 Å². The average molecular weight is 292 g/mol. The number of carbonyl (C=O) groups excluding carboxylic acids is 1. The minimum absolute atomic E-state index is 0.189. The van der Waals surface area contributed by atoms with Gasteiger partial charge in [0.25, 0.3) is 5.91 Å². The first-order valence-corrected chi connectivity index (χ1v) is 6.51. The molecule has 1 aromatic carbocycles. The van der Waals surface area contributed by atoms with Gasteiger partial charge in [-0.15, -0.1) is 0 Å². The fourth-order valence-corrected chi connectivity index (χ4v) is 1.87. The van der Waals surface area contributed by atoms with Crippen LogP contribution in [-0.2, 0) is 0 Å². The Morgan fingerprint density at radius 2 is 2.00 bits per heavy atom. The summed E-state index contributed by atoms with van der Waals surface area (Å²) in [5.74, 6) is 0.613. The van der Waals surface area contributed by atoms with Crippen molar-refractivity contribution in [3.63, 3.8) is 0 Å². The number of hydrogen-bond donors (Lipinski definition) is 1. The predicted molar refractivity (Wildman–Crippen MR) is 77.3 cm³/mol. The minimum Gasteiger partial charge on any atom is -0.494 e. The van der Waals surface area contributed by atoms with Crippen LogP contribution in [0.25, 0.3) is 0 Å². The molecule has 0 spiro atoms. The van der Waals surface area contributed by atoms with Gasteiger partial charge in [-0.25, -0.2) is 9.97 Å². The fraction of sp³-hybridized carbons (Fsp3) is 0.214. The van der Waals surface area contributed by atoms with Gasteiger partial charge in [0.2, 0.25) is 5.95 Å². The molecule has 2 aromatic rings. The first-order valence-electron chi connectivity index (χ1n) is 6.14. The van der Waals surface area contributed by atoms with E-state index in [1.165, 1.54) is 0 Å². The second-order valence-corrected chi connectivity index (χ2v) is 4.45. The summed E-state index contributed by atoms with van der Waals surface area (Å²) in [5.41, 5.74) is 1.18. The number of ether oxygens (including phenoxy) is 1. The van der Waals surface area contributed by atoms with Gasteiger partial charge in [0.15, 0.2) is 0 Å². The van der Waals surface area contributed by atoms with Gasteiger partial charge >= 0.3 is 0 Å². The van der Waals surface area contributed by atoms with Crippen LogP contribution in [0.15, 0.2) is 30.3 Å². The number of benzene rings is 1. The lowest BCUT2D eigenvalue weighted by Gasteiger charge is -2.06. The Hall–Kier alpha value is -2.14. The van der Waals surface area contributed by atoms with Crippen molar-refractivity contribution in [2.24, 2.45) is 0 Å². The molecule has 104 valence electrons. The number of rotatable bonds is 4. The summed E-state index contributed by atoms with van der Waals surface area (Å²) in [4.78, 5) is 20.1. The van der Waals surface area contributed by atoms with Crippen molar-refractivity contribution in [3.05, 3.63) is 46.7 Å². The molecule has 0 saturated carbocycles. The highest BCUT2D eigenvalue weighted by molar-refractivity contribution is 6.29. The van der Waals surface area contributed by atoms with Crippen LogP contribution in [0, 0.1) is 6.92 Å². The van der Waals surface area contributed by atoms with Crippen LogP contribution in [0.5, 0.6) is 5.75 Å². The minimum atomic E-state index is -0.297. The van der Waals surface area contributed by atoms with Crippen LogP contribution in [0.3, 0.4) is 0 Å². The molecule has 0 saturated heterocycles. The zero-order chi connectivity index (χ0) is 14.5. The molecule has 0 bridgehead atoms. The fourth-order valence-electron chi connectivity index (χ4n) is 1.63. The standard InChI is InChI=1S/C14H14ClN3O2/c1-3-20-11-6-4-10(5-7-11)13(19)18-14-16-9(2)8-12(15)17-14/h4-8H,3H2,1-2H3,(H,16,17,18,19). The van der Waals surface area contributed by atoms with Gasteiger partial charge in [0.05, 0.1) is 6.61 Å². The van der Waals surface area contributed by atoms with E-state index in [2.05, 4.69) is 15.3 Å². The van der Waals surface area contributed by atoms with Crippen LogP contribution >= 0.6 is 11.6 Å². The molecule has 5 nitrogen and oxygen atoms in total. The smallest absolute Gasteiger partial charge is 0.258 e. The van der Waals surface area contributed by atoms with E-state index in [0.717, 1.165) is 5.75 Å². The molecule has 0 radical (unpaired) electrons. The Morgan fingerprint density at radius 3 is 2.60 bits per heavy atom. The summed E-state index contributed by atoms with van der Waals surface area (Å²) >= 11 is 5.82. The van der Waals surface area contributed by atoms with Gasteiger partial charge in [0, 0.05) is 11.3 Å². The predicted octanol–water partition coefficient (Wildman–Crippen LogP) is 3.09. The number of halogens is 1. The van der Waals surface area contributed by atoms with E-state index in [9.17, 15) is 4.79 Å². The number of anilines is 1. The lowest BCUT2D eigenvalue weighted by molar-refractivity contribution is 0.102. The quantitative estimate of drug-likeness (QED) is 0.879. The largest absolute Gasteiger partial charge is 0.494 e. The van der Waals surface area contributed by atoms with Gasteiger partial charge < -0.3 is 4.74 Å². The molecule has 0 unspecified atom stereocenters. The van der Waals surface area contributed by atoms with Gasteiger partial charge in [-0.2, -0.15) is 0 Å². The molecule has 0 atom stereocenters. The third-order valence-electron chi connectivity index (χ3n) is 2.48. The molecule has 6 heteroatoms. The van der Waals surface area contributed by atoms with Crippen molar-refractivity contribution in [2.45, 2.75) is 13.8 Å². The van der Waals surface area contributed by atoms with Crippen molar-refractivity contribution in [1.29, 1.82) is 0 Å². The molecule has 1 amide bonds. The number of amides is 1. The highest BCUT2D eigenvalue weighted by Crippen LogP contribution is 2.14. The Labute approximate surface area is 122 Å². The number of nitrogens with zero attached hydrogens (tertiary/aromatic N) is 2. The monoisotopic (exact) mass is 291 g/mol. The molecular weight excluding hydrogens is 278 g/mol. The Morgan fingerprint density at radius 1 is 1.30 bits per heavy atom. The van der Waals surface area contributed by atoms with E-state index in [1.54, 1.807) is 37.3 Å². The molecule has 1 heterocycles. The van der Waals surface area contributed by atoms with E-state index in [4.69, 9.17) is 16.3 Å². The molecule has 0 aliphatic heterocycles. The van der Waals surface area contributed by atoms with Gasteiger partial charge in [0.1, 0.15) is 10.9 Å². The second kappa shape index (κ2) is 6.34. The maximum absolute atomic E-state index is 12.0. The first kappa shape index (κ1) is 14.3. The second-order valence-electron chi connectivity index (χ2n) is 4.07. The highest BCUT2D eigenvalue weighted by atomic mass is 35.5. The number of nitrogens with one attached hydrogen (secondary N) is 1. The summed E-state index contributed by atoms with van der Waals surface area (Å²) in [6, 6.07) is 8.45. The number of aromatic nitrogens is 2. The summed E-state index contributed by atoms with van der Waals surface area (Å²) in [7, 11) is 0. The zero-order valence-corrected chi connectivity index (χ0v) is 11.9. The Bertz CT molecular complexity index is 594. The molecule has 0 aliphatic rings. The third kappa shape index (κ3) is 3.68. The lowest BCUT2D eigenvalue weighted by Crippen LogP contribution is -2.14. The van der Waals surface area contributed by atoms with Gasteiger partial charge in [-0.05, 0) is 44.2 Å². The molecule has 1 N–H and O–H groups in total. The van der Waals surface area contributed by atoms with Gasteiger partial charge in [-0.1, -0.05) is 11.6 Å². The summed E-state index contributed by atoms with van der Waals surface area (Å²) in [5, 5.41) is 2.90. The maximum atomic E-state index is 12.0. The van der Waals surface area contributed by atoms with E-state index in [-0.39, 0.29) is 11.9 Å².